The SMILES string of the molecule is C=C(C)OC(=O)N1C(C)CC(c2csc3cc(F)ccc23)CC1C. The number of piperidine rings is 1. The Labute approximate surface area is 145 Å². The van der Waals surface area contributed by atoms with E-state index < -0.39 is 0 Å². The van der Waals surface area contributed by atoms with Crippen LogP contribution in [0.5, 0.6) is 0 Å². The molecule has 1 amide bonds. The zero-order valence-electron chi connectivity index (χ0n) is 14.2. The molecule has 0 radical (unpaired) electrons. The lowest BCUT2D eigenvalue weighted by Crippen LogP contribution is -2.49. The van der Waals surface area contributed by atoms with Gasteiger partial charge in [-0.15, -0.1) is 11.3 Å². The summed E-state index contributed by atoms with van der Waals surface area (Å²) in [4.78, 5) is 14.1. The van der Waals surface area contributed by atoms with Crippen LogP contribution in [0.15, 0.2) is 35.9 Å². The minimum Gasteiger partial charge on any atom is -0.416 e. The zero-order valence-corrected chi connectivity index (χ0v) is 15.0. The lowest BCUT2D eigenvalue weighted by atomic mass is 9.82. The molecule has 1 saturated heterocycles. The maximum Gasteiger partial charge on any atom is 0.415 e. The molecule has 24 heavy (non-hydrogen) atoms. The molecule has 0 saturated carbocycles. The lowest BCUT2D eigenvalue weighted by Gasteiger charge is -2.41. The normalized spacial score (nSPS) is 24.2. The van der Waals surface area contributed by atoms with E-state index >= 15 is 0 Å². The Bertz CT molecular complexity index is 773. The molecule has 3 nitrogen and oxygen atoms in total. The van der Waals surface area contributed by atoms with E-state index in [0.29, 0.717) is 11.7 Å². The molecule has 1 aliphatic heterocycles. The second-order valence-electron chi connectivity index (χ2n) is 6.68. The highest BCUT2D eigenvalue weighted by atomic mass is 32.1. The first-order valence-corrected chi connectivity index (χ1v) is 9.07. The molecule has 2 unspecified atom stereocenters. The summed E-state index contributed by atoms with van der Waals surface area (Å²) in [5, 5.41) is 3.26. The summed E-state index contributed by atoms with van der Waals surface area (Å²) in [7, 11) is 0. The number of rotatable bonds is 2. The highest BCUT2D eigenvalue weighted by Crippen LogP contribution is 2.40. The van der Waals surface area contributed by atoms with Crippen molar-refractivity contribution >= 4 is 27.5 Å². The molecule has 1 fully saturated rings. The van der Waals surface area contributed by atoms with Crippen LogP contribution in [-0.4, -0.2) is 23.1 Å². The summed E-state index contributed by atoms with van der Waals surface area (Å²) in [6.07, 6.45) is 1.43. The quantitative estimate of drug-likeness (QED) is 0.655. The molecule has 0 spiro atoms. The van der Waals surface area contributed by atoms with E-state index in [0.717, 1.165) is 22.9 Å². The highest BCUT2D eigenvalue weighted by molar-refractivity contribution is 7.17. The van der Waals surface area contributed by atoms with Gasteiger partial charge in [0.2, 0.25) is 0 Å². The van der Waals surface area contributed by atoms with E-state index in [9.17, 15) is 9.18 Å². The average molecular weight is 347 g/mol. The molecule has 1 aliphatic rings. The van der Waals surface area contributed by atoms with Crippen molar-refractivity contribution in [2.24, 2.45) is 0 Å². The molecule has 3 rings (SSSR count). The van der Waals surface area contributed by atoms with Gasteiger partial charge in [0.05, 0.1) is 5.76 Å². The Morgan fingerprint density at radius 2 is 2.00 bits per heavy atom. The predicted octanol–water partition coefficient (Wildman–Crippen LogP) is 5.67. The van der Waals surface area contributed by atoms with Crippen molar-refractivity contribution in [3.05, 3.63) is 47.3 Å². The van der Waals surface area contributed by atoms with Crippen LogP contribution in [0, 0.1) is 5.82 Å². The average Bonchev–Trinajstić information content (AvgIpc) is 2.88. The van der Waals surface area contributed by atoms with E-state index in [1.54, 1.807) is 29.2 Å². The van der Waals surface area contributed by atoms with E-state index in [1.807, 2.05) is 6.07 Å². The fraction of sp³-hybridized carbons (Fsp3) is 0.421. The maximum absolute atomic E-state index is 13.4. The smallest absolute Gasteiger partial charge is 0.415 e. The van der Waals surface area contributed by atoms with Gasteiger partial charge in [-0.05, 0) is 68.0 Å². The third-order valence-corrected chi connectivity index (χ3v) is 5.64. The van der Waals surface area contributed by atoms with E-state index in [2.05, 4.69) is 25.8 Å². The van der Waals surface area contributed by atoms with Crippen molar-refractivity contribution in [3.63, 3.8) is 0 Å². The van der Waals surface area contributed by atoms with Gasteiger partial charge < -0.3 is 9.64 Å². The molecular weight excluding hydrogens is 325 g/mol. The zero-order chi connectivity index (χ0) is 17.4. The van der Waals surface area contributed by atoms with Crippen LogP contribution in [0.3, 0.4) is 0 Å². The number of benzene rings is 1. The molecule has 1 aromatic carbocycles. The summed E-state index contributed by atoms with van der Waals surface area (Å²) in [5.74, 6) is 0.575. The molecule has 1 aromatic heterocycles. The molecule has 0 aliphatic carbocycles. The Kier molecular flexibility index (Phi) is 4.63. The molecule has 2 heterocycles. The van der Waals surface area contributed by atoms with Crippen LogP contribution in [0.1, 0.15) is 45.1 Å². The standard InChI is InChI=1S/C19H22FNO2S/c1-11(2)23-19(22)21-12(3)7-14(8-13(21)4)17-10-24-18-9-15(20)5-6-16(17)18/h5-6,9-10,12-14H,1,7-8H2,2-4H3. The summed E-state index contributed by atoms with van der Waals surface area (Å²) in [6, 6.07) is 5.15. The molecule has 128 valence electrons. The fourth-order valence-corrected chi connectivity index (χ4v) is 4.80. The number of nitrogens with zero attached hydrogens (tertiary/aromatic N) is 1. The number of ether oxygens (including phenoxy) is 1. The number of carbonyl (C=O) groups is 1. The van der Waals surface area contributed by atoms with E-state index in [4.69, 9.17) is 4.74 Å². The third-order valence-electron chi connectivity index (χ3n) is 4.68. The van der Waals surface area contributed by atoms with E-state index in [1.165, 1.54) is 11.6 Å². The number of thiophene rings is 1. The summed E-state index contributed by atoms with van der Waals surface area (Å²) in [5.41, 5.74) is 1.27. The van der Waals surface area contributed by atoms with Gasteiger partial charge in [0, 0.05) is 16.8 Å². The number of hydrogen-bond donors (Lipinski definition) is 0. The molecule has 2 aromatic rings. The lowest BCUT2D eigenvalue weighted by molar-refractivity contribution is 0.0672. The van der Waals surface area contributed by atoms with Gasteiger partial charge in [-0.2, -0.15) is 0 Å². The number of halogens is 1. The van der Waals surface area contributed by atoms with Crippen molar-refractivity contribution in [1.29, 1.82) is 0 Å². The second kappa shape index (κ2) is 6.55. The van der Waals surface area contributed by atoms with Gasteiger partial charge in [0.1, 0.15) is 5.82 Å². The highest BCUT2D eigenvalue weighted by Gasteiger charge is 2.36. The molecule has 0 bridgehead atoms. The van der Waals surface area contributed by atoms with Crippen molar-refractivity contribution in [2.45, 2.75) is 51.6 Å². The largest absolute Gasteiger partial charge is 0.416 e. The van der Waals surface area contributed by atoms with Gasteiger partial charge >= 0.3 is 6.09 Å². The number of allylic oxidation sites excluding steroid dienone is 1. The van der Waals surface area contributed by atoms with Crippen molar-refractivity contribution in [2.75, 3.05) is 0 Å². The van der Waals surface area contributed by atoms with Crippen molar-refractivity contribution < 1.29 is 13.9 Å². The fourth-order valence-electron chi connectivity index (χ4n) is 3.74. The third kappa shape index (κ3) is 3.18. The Balaban J connectivity index is 1.83. The van der Waals surface area contributed by atoms with Crippen LogP contribution >= 0.6 is 11.3 Å². The minimum absolute atomic E-state index is 0.0843. The number of hydrogen-bond acceptors (Lipinski definition) is 3. The molecular formula is C19H22FNO2S. The van der Waals surface area contributed by atoms with Crippen molar-refractivity contribution in [3.8, 4) is 0 Å². The van der Waals surface area contributed by atoms with Crippen LogP contribution in [0.25, 0.3) is 10.1 Å². The van der Waals surface area contributed by atoms with Gasteiger partial charge in [-0.25, -0.2) is 9.18 Å². The topological polar surface area (TPSA) is 29.5 Å². The van der Waals surface area contributed by atoms with E-state index in [-0.39, 0.29) is 24.0 Å². The number of likely N-dealkylation sites (tertiary alicyclic amines) is 1. The van der Waals surface area contributed by atoms with Crippen LogP contribution < -0.4 is 0 Å². The summed E-state index contributed by atoms with van der Waals surface area (Å²) < 4.78 is 19.6. The minimum atomic E-state index is -0.321. The number of amides is 1. The summed E-state index contributed by atoms with van der Waals surface area (Å²) in [6.45, 7) is 9.42. The van der Waals surface area contributed by atoms with Gasteiger partial charge in [0.25, 0.3) is 0 Å². The van der Waals surface area contributed by atoms with Crippen LogP contribution in [-0.2, 0) is 4.74 Å². The van der Waals surface area contributed by atoms with Crippen LogP contribution in [0.4, 0.5) is 9.18 Å². The Morgan fingerprint density at radius 3 is 2.62 bits per heavy atom. The second-order valence-corrected chi connectivity index (χ2v) is 7.59. The first-order chi connectivity index (χ1) is 11.4. The molecule has 5 heteroatoms. The van der Waals surface area contributed by atoms with Gasteiger partial charge in [-0.1, -0.05) is 12.6 Å². The monoisotopic (exact) mass is 347 g/mol. The Hall–Kier alpha value is -1.88. The summed E-state index contributed by atoms with van der Waals surface area (Å²) >= 11 is 1.58. The first kappa shape index (κ1) is 17.0. The van der Waals surface area contributed by atoms with Gasteiger partial charge in [-0.3, -0.25) is 0 Å². The maximum atomic E-state index is 13.4. The molecule has 0 N–H and O–H groups in total. The predicted molar refractivity (Wildman–Crippen MR) is 95.8 cm³/mol. The van der Waals surface area contributed by atoms with Crippen LogP contribution in [0.2, 0.25) is 0 Å². The molecule has 2 atom stereocenters. The number of carbonyl (C=O) groups excluding carboxylic acids is 1. The van der Waals surface area contributed by atoms with Crippen molar-refractivity contribution in [1.82, 2.24) is 4.90 Å². The Morgan fingerprint density at radius 1 is 1.33 bits per heavy atom. The first-order valence-electron chi connectivity index (χ1n) is 8.19. The number of fused-ring (bicyclic) bond motifs is 1. The van der Waals surface area contributed by atoms with Gasteiger partial charge in [0.15, 0.2) is 0 Å².